The summed E-state index contributed by atoms with van der Waals surface area (Å²) in [6.45, 7) is 5.95. The smallest absolute Gasteiger partial charge is 0.225 e. The number of rotatable bonds is 7. The van der Waals surface area contributed by atoms with Crippen molar-refractivity contribution < 1.29 is 5.11 Å². The number of piperidine rings is 1. The molecule has 5 nitrogen and oxygen atoms in total. The monoisotopic (exact) mass is 340 g/mol. The fraction of sp³-hybridized carbons (Fsp3) is 0.500. The van der Waals surface area contributed by atoms with E-state index in [1.54, 1.807) is 0 Å². The molecule has 0 amide bonds. The van der Waals surface area contributed by atoms with Gasteiger partial charge in [-0.1, -0.05) is 24.3 Å². The van der Waals surface area contributed by atoms with Crippen LogP contribution < -0.4 is 10.2 Å². The van der Waals surface area contributed by atoms with Crippen LogP contribution >= 0.6 is 0 Å². The number of aliphatic hydroxyl groups is 1. The van der Waals surface area contributed by atoms with Gasteiger partial charge in [0.1, 0.15) is 0 Å². The van der Waals surface area contributed by atoms with E-state index in [1.807, 2.05) is 19.1 Å². The molecule has 0 atom stereocenters. The molecular weight excluding hydrogens is 312 g/mol. The van der Waals surface area contributed by atoms with Crippen molar-refractivity contribution in [3.63, 3.8) is 0 Å². The van der Waals surface area contributed by atoms with E-state index >= 15 is 0 Å². The first-order chi connectivity index (χ1) is 12.2. The van der Waals surface area contributed by atoms with Gasteiger partial charge in [-0.3, -0.25) is 0 Å². The van der Waals surface area contributed by atoms with Crippen molar-refractivity contribution in [3.05, 3.63) is 52.8 Å². The molecule has 0 spiro atoms. The first-order valence-electron chi connectivity index (χ1n) is 9.23. The van der Waals surface area contributed by atoms with E-state index in [2.05, 4.69) is 33.4 Å². The summed E-state index contributed by atoms with van der Waals surface area (Å²) in [5, 5.41) is 12.6. The molecule has 1 saturated heterocycles. The number of anilines is 1. The van der Waals surface area contributed by atoms with Crippen LogP contribution in [0, 0.1) is 6.92 Å². The lowest BCUT2D eigenvalue weighted by molar-refractivity contribution is 0.282. The average Bonchev–Trinajstić information content (AvgIpc) is 2.66. The number of aryl methyl sites for hydroxylation is 1. The highest BCUT2D eigenvalue weighted by atomic mass is 16.3. The van der Waals surface area contributed by atoms with Gasteiger partial charge in [-0.15, -0.1) is 0 Å². The van der Waals surface area contributed by atoms with Crippen LogP contribution in [0.4, 0.5) is 5.95 Å². The minimum atomic E-state index is 0.102. The maximum atomic E-state index is 9.08. The normalized spacial score (nSPS) is 14.7. The van der Waals surface area contributed by atoms with E-state index < -0.39 is 0 Å². The number of benzene rings is 1. The molecule has 5 heteroatoms. The molecule has 25 heavy (non-hydrogen) atoms. The number of hydrogen-bond donors (Lipinski definition) is 2. The van der Waals surface area contributed by atoms with Gasteiger partial charge in [0, 0.05) is 25.3 Å². The summed E-state index contributed by atoms with van der Waals surface area (Å²) in [7, 11) is 0. The summed E-state index contributed by atoms with van der Waals surface area (Å²) in [5.41, 5.74) is 4.33. The van der Waals surface area contributed by atoms with Crippen molar-refractivity contribution in [1.29, 1.82) is 0 Å². The summed E-state index contributed by atoms with van der Waals surface area (Å²) in [6.07, 6.45) is 4.75. The van der Waals surface area contributed by atoms with E-state index in [9.17, 15) is 0 Å². The van der Waals surface area contributed by atoms with Crippen LogP contribution in [-0.2, 0) is 19.6 Å². The highest BCUT2D eigenvalue weighted by Gasteiger charge is 2.14. The van der Waals surface area contributed by atoms with Crippen LogP contribution in [-0.4, -0.2) is 34.7 Å². The Morgan fingerprint density at radius 2 is 1.76 bits per heavy atom. The van der Waals surface area contributed by atoms with Crippen LogP contribution in [0.5, 0.6) is 0 Å². The summed E-state index contributed by atoms with van der Waals surface area (Å²) in [6, 6.07) is 10.2. The first kappa shape index (κ1) is 17.8. The Labute approximate surface area is 150 Å². The van der Waals surface area contributed by atoms with Crippen LogP contribution in [0.3, 0.4) is 0 Å². The molecule has 2 N–H and O–H groups in total. The van der Waals surface area contributed by atoms with Crippen molar-refractivity contribution in [3.8, 4) is 0 Å². The van der Waals surface area contributed by atoms with Crippen LogP contribution in [0.2, 0.25) is 0 Å². The Morgan fingerprint density at radius 3 is 2.48 bits per heavy atom. The third-order valence-corrected chi connectivity index (χ3v) is 4.64. The fourth-order valence-electron chi connectivity index (χ4n) is 3.20. The molecule has 0 saturated carbocycles. The van der Waals surface area contributed by atoms with E-state index in [0.717, 1.165) is 55.5 Å². The van der Waals surface area contributed by atoms with E-state index in [1.165, 1.54) is 24.8 Å². The molecule has 1 fully saturated rings. The second-order valence-electron chi connectivity index (χ2n) is 6.75. The van der Waals surface area contributed by atoms with Crippen LogP contribution in [0.15, 0.2) is 30.3 Å². The van der Waals surface area contributed by atoms with Gasteiger partial charge in [0.05, 0.1) is 12.3 Å². The summed E-state index contributed by atoms with van der Waals surface area (Å²) in [5.74, 6) is 0.885. The summed E-state index contributed by atoms with van der Waals surface area (Å²) < 4.78 is 0. The van der Waals surface area contributed by atoms with Gasteiger partial charge in [0.25, 0.3) is 0 Å². The zero-order chi connectivity index (χ0) is 17.5. The summed E-state index contributed by atoms with van der Waals surface area (Å²) in [4.78, 5) is 11.7. The van der Waals surface area contributed by atoms with Gasteiger partial charge in [-0.25, -0.2) is 9.97 Å². The molecule has 1 aliphatic rings. The topological polar surface area (TPSA) is 61.3 Å². The lowest BCUT2D eigenvalue weighted by Crippen LogP contribution is -2.31. The molecule has 0 aliphatic carbocycles. The predicted molar refractivity (Wildman–Crippen MR) is 101 cm³/mol. The largest absolute Gasteiger partial charge is 0.392 e. The molecular formula is C20H28N4O. The van der Waals surface area contributed by atoms with Crippen molar-refractivity contribution in [2.75, 3.05) is 24.5 Å². The molecule has 0 unspecified atom stereocenters. The molecule has 1 aromatic heterocycles. The maximum Gasteiger partial charge on any atom is 0.225 e. The van der Waals surface area contributed by atoms with Crippen molar-refractivity contribution >= 4 is 5.95 Å². The predicted octanol–water partition coefficient (Wildman–Crippen LogP) is 2.60. The Hall–Kier alpha value is -1.98. The third kappa shape index (κ3) is 5.25. The lowest BCUT2D eigenvalue weighted by atomic mass is 10.1. The molecule has 134 valence electrons. The minimum absolute atomic E-state index is 0.102. The van der Waals surface area contributed by atoms with Crippen molar-refractivity contribution in [2.24, 2.45) is 0 Å². The Bertz CT molecular complexity index is 666. The molecule has 3 rings (SSSR count). The minimum Gasteiger partial charge on any atom is -0.392 e. The van der Waals surface area contributed by atoms with Crippen LogP contribution in [0.25, 0.3) is 0 Å². The molecule has 2 aromatic rings. The molecule has 1 aromatic carbocycles. The standard InChI is InChI=1S/C20H28N4O/c1-16-13-19(23-20(22-16)24-11-3-2-4-12-24)14-21-10-9-17-5-7-18(15-25)8-6-17/h5-8,13,21,25H,2-4,9-12,14-15H2,1H3. The van der Waals surface area contributed by atoms with Gasteiger partial charge in [0.15, 0.2) is 0 Å². The zero-order valence-electron chi connectivity index (χ0n) is 15.0. The quantitative estimate of drug-likeness (QED) is 0.759. The van der Waals surface area contributed by atoms with Gasteiger partial charge < -0.3 is 15.3 Å². The summed E-state index contributed by atoms with van der Waals surface area (Å²) >= 11 is 0. The SMILES string of the molecule is Cc1cc(CNCCc2ccc(CO)cc2)nc(N2CCCCC2)n1. The Balaban J connectivity index is 1.51. The van der Waals surface area contributed by atoms with E-state index in [-0.39, 0.29) is 6.61 Å². The Morgan fingerprint density at radius 1 is 1.04 bits per heavy atom. The zero-order valence-corrected chi connectivity index (χ0v) is 15.0. The van der Waals surface area contributed by atoms with Crippen molar-refractivity contribution in [2.45, 2.75) is 45.8 Å². The van der Waals surface area contributed by atoms with Gasteiger partial charge in [-0.2, -0.15) is 0 Å². The fourth-order valence-corrected chi connectivity index (χ4v) is 3.20. The molecule has 0 radical (unpaired) electrons. The number of nitrogens with zero attached hydrogens (tertiary/aromatic N) is 3. The second kappa shape index (κ2) is 8.92. The second-order valence-corrected chi connectivity index (χ2v) is 6.75. The molecule has 0 bridgehead atoms. The van der Waals surface area contributed by atoms with Crippen LogP contribution in [0.1, 0.15) is 41.8 Å². The number of aromatic nitrogens is 2. The molecule has 2 heterocycles. The average molecular weight is 340 g/mol. The van der Waals surface area contributed by atoms with E-state index in [4.69, 9.17) is 10.1 Å². The van der Waals surface area contributed by atoms with Crippen molar-refractivity contribution in [1.82, 2.24) is 15.3 Å². The highest BCUT2D eigenvalue weighted by molar-refractivity contribution is 5.32. The van der Waals surface area contributed by atoms with E-state index in [0.29, 0.717) is 0 Å². The van der Waals surface area contributed by atoms with Gasteiger partial charge in [0.2, 0.25) is 5.95 Å². The number of aliphatic hydroxyl groups excluding tert-OH is 1. The number of nitrogens with one attached hydrogen (secondary N) is 1. The number of hydrogen-bond acceptors (Lipinski definition) is 5. The Kier molecular flexibility index (Phi) is 6.36. The lowest BCUT2D eigenvalue weighted by Gasteiger charge is -2.27. The highest BCUT2D eigenvalue weighted by Crippen LogP contribution is 2.16. The van der Waals surface area contributed by atoms with Gasteiger partial charge in [-0.05, 0) is 56.3 Å². The third-order valence-electron chi connectivity index (χ3n) is 4.64. The first-order valence-corrected chi connectivity index (χ1v) is 9.23. The van der Waals surface area contributed by atoms with Gasteiger partial charge >= 0.3 is 0 Å². The molecule has 1 aliphatic heterocycles. The maximum absolute atomic E-state index is 9.08.